The monoisotopic (exact) mass is 272 g/mol. The molecule has 0 unspecified atom stereocenters. The van der Waals surface area contributed by atoms with Gasteiger partial charge in [-0.25, -0.2) is 9.59 Å². The molecule has 0 atom stereocenters. The van der Waals surface area contributed by atoms with Crippen LogP contribution in [0.1, 0.15) is 46.5 Å². The summed E-state index contributed by atoms with van der Waals surface area (Å²) in [6, 6.07) is -0.421. The number of carboxylic acid groups (broad SMARTS) is 1. The van der Waals surface area contributed by atoms with Crippen molar-refractivity contribution in [3.05, 3.63) is 0 Å². The number of carboxylic acids is 1. The Labute approximate surface area is 113 Å². The van der Waals surface area contributed by atoms with Crippen LogP contribution in [0.4, 0.5) is 4.79 Å². The quantitative estimate of drug-likeness (QED) is 0.707. The summed E-state index contributed by atoms with van der Waals surface area (Å²) in [5.74, 6) is -0.999. The molecule has 6 nitrogen and oxygen atoms in total. The lowest BCUT2D eigenvalue weighted by Gasteiger charge is -2.36. The van der Waals surface area contributed by atoms with Crippen LogP contribution >= 0.6 is 0 Å². The van der Waals surface area contributed by atoms with E-state index in [1.54, 1.807) is 0 Å². The third-order valence-corrected chi connectivity index (χ3v) is 4.08. The van der Waals surface area contributed by atoms with Crippen molar-refractivity contribution in [3.63, 3.8) is 0 Å². The predicted octanol–water partition coefficient (Wildman–Crippen LogP) is 1.50. The van der Waals surface area contributed by atoms with E-state index < -0.39 is 17.5 Å². The summed E-state index contributed by atoms with van der Waals surface area (Å²) >= 11 is 0. The maximum atomic E-state index is 12.0. The second-order valence-electron chi connectivity index (χ2n) is 5.35. The summed E-state index contributed by atoms with van der Waals surface area (Å²) in [5, 5.41) is 14.8. The third kappa shape index (κ3) is 3.83. The van der Waals surface area contributed by atoms with Gasteiger partial charge in [0.1, 0.15) is 5.54 Å². The van der Waals surface area contributed by atoms with E-state index in [1.165, 1.54) is 0 Å². The lowest BCUT2D eigenvalue weighted by Crippen LogP contribution is -2.62. The fourth-order valence-electron chi connectivity index (χ4n) is 2.06. The van der Waals surface area contributed by atoms with Gasteiger partial charge in [0.15, 0.2) is 0 Å². The normalized spacial score (nSPS) is 18.7. The van der Waals surface area contributed by atoms with Crippen molar-refractivity contribution >= 4 is 12.0 Å². The first-order chi connectivity index (χ1) is 8.87. The lowest BCUT2D eigenvalue weighted by molar-refractivity contribution is -0.148. The molecule has 0 aromatic heterocycles. The van der Waals surface area contributed by atoms with Crippen molar-refractivity contribution in [1.82, 2.24) is 10.6 Å². The molecular weight excluding hydrogens is 248 g/mol. The van der Waals surface area contributed by atoms with Crippen LogP contribution in [0.25, 0.3) is 0 Å². The van der Waals surface area contributed by atoms with Gasteiger partial charge in [-0.2, -0.15) is 0 Å². The largest absolute Gasteiger partial charge is 0.480 e. The molecule has 1 saturated heterocycles. The summed E-state index contributed by atoms with van der Waals surface area (Å²) in [6.07, 6.45) is 2.18. The van der Waals surface area contributed by atoms with Crippen LogP contribution in [-0.2, 0) is 9.53 Å². The fraction of sp³-hybridized carbons (Fsp3) is 0.846. The van der Waals surface area contributed by atoms with Gasteiger partial charge in [0, 0.05) is 31.6 Å². The summed E-state index contributed by atoms with van der Waals surface area (Å²) < 4.78 is 5.16. The van der Waals surface area contributed by atoms with E-state index in [0.29, 0.717) is 26.1 Å². The number of carbonyl (C=O) groups excluding carboxylic acids is 1. The van der Waals surface area contributed by atoms with Crippen LogP contribution in [0.3, 0.4) is 0 Å². The SMILES string of the molecule is CCC(C)(CC)NC(=O)NC1(C(=O)O)CCOCC1. The van der Waals surface area contributed by atoms with E-state index in [4.69, 9.17) is 4.74 Å². The van der Waals surface area contributed by atoms with Crippen LogP contribution in [-0.4, -0.2) is 41.4 Å². The van der Waals surface area contributed by atoms with Gasteiger partial charge in [-0.15, -0.1) is 0 Å². The molecule has 110 valence electrons. The smallest absolute Gasteiger partial charge is 0.329 e. The third-order valence-electron chi connectivity index (χ3n) is 4.08. The molecule has 1 heterocycles. The standard InChI is InChI=1S/C13H24N2O4/c1-4-12(3,5-2)14-11(18)15-13(10(16)17)6-8-19-9-7-13/h4-9H2,1-3H3,(H,16,17)(H2,14,15,18). The minimum absolute atomic E-state index is 0.296. The maximum absolute atomic E-state index is 12.0. The van der Waals surface area contributed by atoms with E-state index in [0.717, 1.165) is 12.8 Å². The zero-order chi connectivity index (χ0) is 14.5. The van der Waals surface area contributed by atoms with E-state index in [-0.39, 0.29) is 5.54 Å². The molecule has 0 aromatic carbocycles. The number of amides is 2. The molecule has 1 fully saturated rings. The molecule has 0 spiro atoms. The van der Waals surface area contributed by atoms with Crippen molar-refractivity contribution in [3.8, 4) is 0 Å². The van der Waals surface area contributed by atoms with E-state index in [9.17, 15) is 14.7 Å². The Bertz CT molecular complexity index is 334. The molecule has 0 saturated carbocycles. The molecule has 19 heavy (non-hydrogen) atoms. The molecule has 1 aliphatic rings. The van der Waals surface area contributed by atoms with Crippen LogP contribution < -0.4 is 10.6 Å². The number of aliphatic carboxylic acids is 1. The number of hydrogen-bond acceptors (Lipinski definition) is 3. The van der Waals surface area contributed by atoms with Crippen LogP contribution in [0.5, 0.6) is 0 Å². The van der Waals surface area contributed by atoms with E-state index in [1.807, 2.05) is 20.8 Å². The number of rotatable bonds is 5. The molecule has 0 radical (unpaired) electrons. The van der Waals surface area contributed by atoms with Crippen LogP contribution in [0.2, 0.25) is 0 Å². The highest BCUT2D eigenvalue weighted by molar-refractivity contribution is 5.86. The summed E-state index contributed by atoms with van der Waals surface area (Å²) in [4.78, 5) is 23.4. The Hall–Kier alpha value is -1.30. The van der Waals surface area contributed by atoms with Crippen molar-refractivity contribution in [2.45, 2.75) is 57.5 Å². The minimum Gasteiger partial charge on any atom is -0.480 e. The molecule has 0 aliphatic carbocycles. The second-order valence-corrected chi connectivity index (χ2v) is 5.35. The van der Waals surface area contributed by atoms with Crippen molar-refractivity contribution < 1.29 is 19.4 Å². The lowest BCUT2D eigenvalue weighted by atomic mass is 9.90. The van der Waals surface area contributed by atoms with Crippen molar-refractivity contribution in [2.24, 2.45) is 0 Å². The molecule has 1 rings (SSSR count). The van der Waals surface area contributed by atoms with Gasteiger partial charge in [-0.05, 0) is 19.8 Å². The zero-order valence-electron chi connectivity index (χ0n) is 11.9. The summed E-state index contributed by atoms with van der Waals surface area (Å²) in [6.45, 7) is 6.64. The first-order valence-corrected chi connectivity index (χ1v) is 6.79. The highest BCUT2D eigenvalue weighted by Crippen LogP contribution is 2.21. The van der Waals surface area contributed by atoms with Gasteiger partial charge >= 0.3 is 12.0 Å². The molecule has 3 N–H and O–H groups in total. The van der Waals surface area contributed by atoms with Gasteiger partial charge in [0.2, 0.25) is 0 Å². The van der Waals surface area contributed by atoms with Crippen LogP contribution in [0, 0.1) is 0 Å². The van der Waals surface area contributed by atoms with Gasteiger partial charge in [0.25, 0.3) is 0 Å². The molecule has 0 aromatic rings. The Morgan fingerprint density at radius 2 is 1.79 bits per heavy atom. The average molecular weight is 272 g/mol. The summed E-state index contributed by atoms with van der Waals surface area (Å²) in [7, 11) is 0. The van der Waals surface area contributed by atoms with E-state index >= 15 is 0 Å². The molecule has 2 amide bonds. The van der Waals surface area contributed by atoms with Gasteiger partial charge < -0.3 is 20.5 Å². The maximum Gasteiger partial charge on any atom is 0.329 e. The summed E-state index contributed by atoms with van der Waals surface area (Å²) in [5.41, 5.74) is -1.51. The molecule has 1 aliphatic heterocycles. The molecule has 0 bridgehead atoms. The number of nitrogens with one attached hydrogen (secondary N) is 2. The topological polar surface area (TPSA) is 87.7 Å². The van der Waals surface area contributed by atoms with Crippen LogP contribution in [0.15, 0.2) is 0 Å². The average Bonchev–Trinajstić information content (AvgIpc) is 2.39. The second kappa shape index (κ2) is 6.23. The minimum atomic E-state index is -1.20. The number of carbonyl (C=O) groups is 2. The van der Waals surface area contributed by atoms with Crippen molar-refractivity contribution in [2.75, 3.05) is 13.2 Å². The molecular formula is C13H24N2O4. The Kier molecular flexibility index (Phi) is 5.17. The molecule has 6 heteroatoms. The first kappa shape index (κ1) is 15.8. The van der Waals surface area contributed by atoms with E-state index in [2.05, 4.69) is 10.6 Å². The Morgan fingerprint density at radius 1 is 1.26 bits per heavy atom. The van der Waals surface area contributed by atoms with Crippen molar-refractivity contribution in [1.29, 1.82) is 0 Å². The highest BCUT2D eigenvalue weighted by atomic mass is 16.5. The van der Waals surface area contributed by atoms with Gasteiger partial charge in [-0.1, -0.05) is 13.8 Å². The number of urea groups is 1. The highest BCUT2D eigenvalue weighted by Gasteiger charge is 2.42. The van der Waals surface area contributed by atoms with Gasteiger partial charge in [-0.3, -0.25) is 0 Å². The number of hydrogen-bond donors (Lipinski definition) is 3. The fourth-order valence-corrected chi connectivity index (χ4v) is 2.06. The number of ether oxygens (including phenoxy) is 1. The van der Waals surface area contributed by atoms with Gasteiger partial charge in [0.05, 0.1) is 0 Å². The first-order valence-electron chi connectivity index (χ1n) is 6.79. The predicted molar refractivity (Wildman–Crippen MR) is 71.1 cm³/mol. The Balaban J connectivity index is 2.70. The Morgan fingerprint density at radius 3 is 2.21 bits per heavy atom. The zero-order valence-corrected chi connectivity index (χ0v) is 11.9.